The molecule has 2 unspecified atom stereocenters. The molecule has 6 rings (SSSR count). The van der Waals surface area contributed by atoms with Crippen molar-refractivity contribution >= 4 is 22.8 Å². The first-order valence-corrected chi connectivity index (χ1v) is 12.7. The van der Waals surface area contributed by atoms with Gasteiger partial charge in [0.25, 0.3) is 5.91 Å². The second-order valence-corrected chi connectivity index (χ2v) is 10.4. The molecular formula is C28H33N5O2. The molecule has 2 atom stereocenters. The van der Waals surface area contributed by atoms with Gasteiger partial charge >= 0.3 is 6.03 Å². The number of hydrogen-bond acceptors (Lipinski definition) is 4. The molecule has 0 spiro atoms. The molecule has 0 aliphatic carbocycles. The Bertz CT molecular complexity index is 1260. The molecule has 2 fully saturated rings. The SMILES string of the molecule is CN1CCN(CCCN2C(=O)N3C(c4ccccc4)c4[nH]c5ccccc5c4CC3(C)C2=O)CC1. The minimum absolute atomic E-state index is 0.0715. The van der Waals surface area contributed by atoms with Crippen molar-refractivity contribution in [1.82, 2.24) is 24.6 Å². The molecule has 1 N–H and O–H groups in total. The average molecular weight is 472 g/mol. The van der Waals surface area contributed by atoms with E-state index in [1.54, 1.807) is 0 Å². The van der Waals surface area contributed by atoms with E-state index >= 15 is 0 Å². The van der Waals surface area contributed by atoms with Gasteiger partial charge in [-0.15, -0.1) is 0 Å². The topological polar surface area (TPSA) is 62.9 Å². The van der Waals surface area contributed by atoms with E-state index in [-0.39, 0.29) is 18.0 Å². The quantitative estimate of drug-likeness (QED) is 0.579. The monoisotopic (exact) mass is 471 g/mol. The van der Waals surface area contributed by atoms with E-state index in [1.807, 2.05) is 42.2 Å². The molecule has 7 heteroatoms. The average Bonchev–Trinajstić information content (AvgIpc) is 3.32. The molecule has 35 heavy (non-hydrogen) atoms. The Morgan fingerprint density at radius 2 is 1.66 bits per heavy atom. The Morgan fingerprint density at radius 3 is 2.43 bits per heavy atom. The first-order chi connectivity index (χ1) is 17.0. The fraction of sp³-hybridized carbons (Fsp3) is 0.429. The highest BCUT2D eigenvalue weighted by molar-refractivity contribution is 6.08. The van der Waals surface area contributed by atoms with Gasteiger partial charge in [0.15, 0.2) is 0 Å². The lowest BCUT2D eigenvalue weighted by Crippen LogP contribution is -2.53. The van der Waals surface area contributed by atoms with Crippen LogP contribution in [0.3, 0.4) is 0 Å². The van der Waals surface area contributed by atoms with Crippen LogP contribution in [0.4, 0.5) is 4.79 Å². The Morgan fingerprint density at radius 1 is 0.943 bits per heavy atom. The summed E-state index contributed by atoms with van der Waals surface area (Å²) in [4.78, 5) is 39.5. The maximum atomic E-state index is 13.9. The van der Waals surface area contributed by atoms with E-state index in [1.165, 1.54) is 4.90 Å². The number of aromatic amines is 1. The number of carbonyl (C=O) groups excluding carboxylic acids is 2. The van der Waals surface area contributed by atoms with Crippen LogP contribution < -0.4 is 0 Å². The first-order valence-electron chi connectivity index (χ1n) is 12.7. The van der Waals surface area contributed by atoms with Gasteiger partial charge in [0.1, 0.15) is 11.6 Å². The number of nitrogens with one attached hydrogen (secondary N) is 1. The highest BCUT2D eigenvalue weighted by Gasteiger charge is 2.59. The number of likely N-dealkylation sites (N-methyl/N-ethyl adjacent to an activating group) is 1. The number of H-pyrrole nitrogens is 1. The number of aromatic nitrogens is 1. The second kappa shape index (κ2) is 8.50. The van der Waals surface area contributed by atoms with Crippen LogP contribution in [-0.4, -0.2) is 88.4 Å². The van der Waals surface area contributed by atoms with Gasteiger partial charge in [0, 0.05) is 55.7 Å². The summed E-state index contributed by atoms with van der Waals surface area (Å²) in [5.74, 6) is -0.0715. The molecule has 0 saturated carbocycles. The van der Waals surface area contributed by atoms with Crippen LogP contribution in [-0.2, 0) is 11.2 Å². The summed E-state index contributed by atoms with van der Waals surface area (Å²) in [5, 5.41) is 1.14. The number of nitrogens with zero attached hydrogens (tertiary/aromatic N) is 4. The Hall–Kier alpha value is -3.16. The fourth-order valence-corrected chi connectivity index (χ4v) is 6.17. The number of amides is 3. The molecule has 1 aromatic heterocycles. The number of hydrogen-bond donors (Lipinski definition) is 1. The van der Waals surface area contributed by atoms with Gasteiger partial charge in [0.05, 0.1) is 0 Å². The highest BCUT2D eigenvalue weighted by Crippen LogP contribution is 2.48. The smallest absolute Gasteiger partial charge is 0.328 e. The molecule has 7 nitrogen and oxygen atoms in total. The summed E-state index contributed by atoms with van der Waals surface area (Å²) in [5.41, 5.74) is 3.34. The summed E-state index contributed by atoms with van der Waals surface area (Å²) in [7, 11) is 2.15. The largest absolute Gasteiger partial charge is 0.356 e. The first kappa shape index (κ1) is 22.3. The third-order valence-corrected chi connectivity index (χ3v) is 8.14. The van der Waals surface area contributed by atoms with Crippen LogP contribution in [0.1, 0.15) is 36.2 Å². The maximum Gasteiger partial charge on any atom is 0.328 e. The predicted octanol–water partition coefficient (Wildman–Crippen LogP) is 3.47. The van der Waals surface area contributed by atoms with Gasteiger partial charge in [-0.2, -0.15) is 0 Å². The molecule has 3 aliphatic rings. The van der Waals surface area contributed by atoms with Crippen LogP contribution in [0, 0.1) is 0 Å². The summed E-state index contributed by atoms with van der Waals surface area (Å²) >= 11 is 0. The number of urea groups is 1. The number of para-hydroxylation sites is 1. The predicted molar refractivity (Wildman–Crippen MR) is 136 cm³/mol. The van der Waals surface area contributed by atoms with Crippen LogP contribution >= 0.6 is 0 Å². The van der Waals surface area contributed by atoms with Gasteiger partial charge in [-0.1, -0.05) is 48.5 Å². The summed E-state index contributed by atoms with van der Waals surface area (Å²) < 4.78 is 0. The molecular weight excluding hydrogens is 438 g/mol. The molecule has 182 valence electrons. The van der Waals surface area contributed by atoms with E-state index in [4.69, 9.17) is 0 Å². The van der Waals surface area contributed by atoms with Crippen molar-refractivity contribution in [1.29, 1.82) is 0 Å². The van der Waals surface area contributed by atoms with Crippen molar-refractivity contribution in [3.63, 3.8) is 0 Å². The third-order valence-electron chi connectivity index (χ3n) is 8.14. The van der Waals surface area contributed by atoms with Crippen LogP contribution in [0.25, 0.3) is 10.9 Å². The minimum atomic E-state index is -0.899. The maximum absolute atomic E-state index is 13.9. The Labute approximate surface area is 206 Å². The van der Waals surface area contributed by atoms with E-state index in [9.17, 15) is 9.59 Å². The van der Waals surface area contributed by atoms with Gasteiger partial charge in [0.2, 0.25) is 0 Å². The van der Waals surface area contributed by atoms with Crippen LogP contribution in [0.15, 0.2) is 54.6 Å². The molecule has 4 heterocycles. The standard InChI is InChI=1S/C28H33N5O2/c1-28-19-22-21-11-6-7-12-23(21)29-24(22)25(20-9-4-3-5-10-20)33(28)27(35)32(26(28)34)14-8-13-31-17-15-30(2)16-18-31/h3-7,9-12,25,29H,8,13-19H2,1-2H3. The van der Waals surface area contributed by atoms with Gasteiger partial charge < -0.3 is 14.8 Å². The van der Waals surface area contributed by atoms with Gasteiger partial charge in [-0.3, -0.25) is 14.6 Å². The van der Waals surface area contributed by atoms with E-state index < -0.39 is 5.54 Å². The zero-order chi connectivity index (χ0) is 24.2. The minimum Gasteiger partial charge on any atom is -0.356 e. The number of carbonyl (C=O) groups is 2. The fourth-order valence-electron chi connectivity index (χ4n) is 6.17. The van der Waals surface area contributed by atoms with Crippen LogP contribution in [0.2, 0.25) is 0 Å². The van der Waals surface area contributed by atoms with E-state index in [2.05, 4.69) is 46.1 Å². The van der Waals surface area contributed by atoms with Crippen molar-refractivity contribution in [3.8, 4) is 0 Å². The number of imide groups is 1. The van der Waals surface area contributed by atoms with Crippen molar-refractivity contribution in [2.75, 3.05) is 46.3 Å². The second-order valence-electron chi connectivity index (χ2n) is 10.4. The summed E-state index contributed by atoms with van der Waals surface area (Å²) in [6.45, 7) is 7.55. The Balaban J connectivity index is 1.33. The lowest BCUT2D eigenvalue weighted by atomic mass is 9.81. The van der Waals surface area contributed by atoms with Crippen molar-refractivity contribution < 1.29 is 9.59 Å². The normalized spacial score (nSPS) is 25.4. The number of piperazine rings is 1. The van der Waals surface area contributed by atoms with E-state index in [0.717, 1.165) is 66.9 Å². The lowest BCUT2D eigenvalue weighted by molar-refractivity contribution is -0.133. The number of benzene rings is 2. The van der Waals surface area contributed by atoms with Crippen molar-refractivity contribution in [2.45, 2.75) is 31.3 Å². The van der Waals surface area contributed by atoms with Crippen molar-refractivity contribution in [2.24, 2.45) is 0 Å². The highest BCUT2D eigenvalue weighted by atomic mass is 16.2. The zero-order valence-corrected chi connectivity index (χ0v) is 20.5. The molecule has 3 aromatic rings. The molecule has 3 aliphatic heterocycles. The van der Waals surface area contributed by atoms with Crippen LogP contribution in [0.5, 0.6) is 0 Å². The molecule has 2 aromatic carbocycles. The van der Waals surface area contributed by atoms with Gasteiger partial charge in [-0.05, 0) is 44.1 Å². The number of rotatable bonds is 5. The van der Waals surface area contributed by atoms with Gasteiger partial charge in [-0.25, -0.2) is 4.79 Å². The molecule has 2 saturated heterocycles. The summed E-state index contributed by atoms with van der Waals surface area (Å²) in [6.07, 6.45) is 1.32. The molecule has 0 radical (unpaired) electrons. The lowest BCUT2D eigenvalue weighted by Gasteiger charge is -2.42. The molecule has 0 bridgehead atoms. The zero-order valence-electron chi connectivity index (χ0n) is 20.5. The summed E-state index contributed by atoms with van der Waals surface area (Å²) in [6, 6.07) is 17.8. The molecule has 3 amide bonds. The van der Waals surface area contributed by atoms with Crippen molar-refractivity contribution in [3.05, 3.63) is 71.4 Å². The third kappa shape index (κ3) is 3.56. The van der Waals surface area contributed by atoms with E-state index in [0.29, 0.717) is 13.0 Å². The number of fused-ring (bicyclic) bond motifs is 4. The Kier molecular flexibility index (Phi) is 5.42.